The molecule has 1 aliphatic rings. The van der Waals surface area contributed by atoms with Crippen molar-refractivity contribution in [2.75, 3.05) is 51.1 Å². The average molecular weight is 473 g/mol. The standard InChI is InChI=1S/C27H29FN6O/c28-22-6-3-4-20(18-22)10-11-31-26-24(27(35)32-14-17-34-15-12-30-13-16-34)8-9-25(33-26)23-7-2-1-5-21(23)19-29/h1-9,18,30H,10-17H2,(H,31,33)(H,32,35). The molecule has 3 aromatic rings. The van der Waals surface area contributed by atoms with Crippen molar-refractivity contribution in [3.63, 3.8) is 0 Å². The molecular weight excluding hydrogens is 443 g/mol. The number of carbonyl (C=O) groups is 1. The van der Waals surface area contributed by atoms with E-state index in [2.05, 4.69) is 26.9 Å². The summed E-state index contributed by atoms with van der Waals surface area (Å²) < 4.78 is 13.5. The molecule has 2 aromatic carbocycles. The summed E-state index contributed by atoms with van der Waals surface area (Å²) in [4.78, 5) is 20.1. The van der Waals surface area contributed by atoms with Gasteiger partial charge in [-0.3, -0.25) is 9.69 Å². The third-order valence-corrected chi connectivity index (χ3v) is 5.98. The van der Waals surface area contributed by atoms with E-state index < -0.39 is 0 Å². The number of piperazine rings is 1. The normalized spacial score (nSPS) is 13.7. The molecule has 0 spiro atoms. The number of aromatic nitrogens is 1. The molecule has 0 unspecified atom stereocenters. The van der Waals surface area contributed by atoms with Crippen LogP contribution in [0, 0.1) is 17.1 Å². The number of benzene rings is 2. The quantitative estimate of drug-likeness (QED) is 0.443. The molecule has 4 rings (SSSR count). The first-order chi connectivity index (χ1) is 17.1. The molecule has 1 amide bonds. The van der Waals surface area contributed by atoms with Gasteiger partial charge in [-0.25, -0.2) is 9.37 Å². The van der Waals surface area contributed by atoms with Gasteiger partial charge in [-0.15, -0.1) is 0 Å². The SMILES string of the molecule is N#Cc1ccccc1-c1ccc(C(=O)NCCN2CCNCC2)c(NCCc2cccc(F)c2)n1. The fourth-order valence-corrected chi connectivity index (χ4v) is 4.11. The van der Waals surface area contributed by atoms with Crippen LogP contribution in [0.3, 0.4) is 0 Å². The Kier molecular flexibility index (Phi) is 8.39. The van der Waals surface area contributed by atoms with Crippen molar-refractivity contribution in [3.8, 4) is 17.3 Å². The van der Waals surface area contributed by atoms with Crippen LogP contribution in [-0.4, -0.2) is 61.6 Å². The van der Waals surface area contributed by atoms with Crippen LogP contribution in [0.25, 0.3) is 11.3 Å². The number of amides is 1. The van der Waals surface area contributed by atoms with Crippen molar-refractivity contribution < 1.29 is 9.18 Å². The zero-order valence-corrected chi connectivity index (χ0v) is 19.6. The molecule has 2 heterocycles. The van der Waals surface area contributed by atoms with Gasteiger partial charge in [-0.05, 0) is 42.3 Å². The molecule has 8 heteroatoms. The number of pyridine rings is 1. The first-order valence-corrected chi connectivity index (χ1v) is 11.8. The Morgan fingerprint density at radius 2 is 1.91 bits per heavy atom. The molecule has 0 bridgehead atoms. The first kappa shape index (κ1) is 24.3. The molecule has 0 saturated carbocycles. The van der Waals surface area contributed by atoms with Crippen LogP contribution in [0.2, 0.25) is 0 Å². The van der Waals surface area contributed by atoms with E-state index >= 15 is 0 Å². The summed E-state index contributed by atoms with van der Waals surface area (Å²) in [6, 6.07) is 19.4. The molecule has 0 radical (unpaired) electrons. The summed E-state index contributed by atoms with van der Waals surface area (Å²) in [7, 11) is 0. The van der Waals surface area contributed by atoms with Crippen molar-refractivity contribution >= 4 is 11.7 Å². The number of nitriles is 1. The number of nitrogens with zero attached hydrogens (tertiary/aromatic N) is 3. The zero-order valence-electron chi connectivity index (χ0n) is 19.6. The molecule has 0 atom stereocenters. The van der Waals surface area contributed by atoms with Crippen molar-refractivity contribution in [2.24, 2.45) is 0 Å². The van der Waals surface area contributed by atoms with Gasteiger partial charge in [0, 0.05) is 51.4 Å². The van der Waals surface area contributed by atoms with E-state index in [0.717, 1.165) is 38.3 Å². The number of nitrogens with one attached hydrogen (secondary N) is 3. The predicted molar refractivity (Wildman–Crippen MR) is 135 cm³/mol. The number of halogens is 1. The number of hydrogen-bond acceptors (Lipinski definition) is 6. The lowest BCUT2D eigenvalue weighted by atomic mass is 10.0. The molecule has 7 nitrogen and oxygen atoms in total. The van der Waals surface area contributed by atoms with Crippen LogP contribution >= 0.6 is 0 Å². The smallest absolute Gasteiger partial charge is 0.255 e. The van der Waals surface area contributed by atoms with Gasteiger partial charge in [0.25, 0.3) is 5.91 Å². The van der Waals surface area contributed by atoms with Crippen molar-refractivity contribution in [3.05, 3.63) is 83.2 Å². The molecule has 0 aliphatic carbocycles. The van der Waals surface area contributed by atoms with Crippen molar-refractivity contribution in [1.82, 2.24) is 20.5 Å². The Labute approximate surface area is 205 Å². The van der Waals surface area contributed by atoms with Gasteiger partial charge in [0.05, 0.1) is 22.9 Å². The van der Waals surface area contributed by atoms with E-state index in [1.807, 2.05) is 18.2 Å². The van der Waals surface area contributed by atoms with Gasteiger partial charge in [-0.1, -0.05) is 30.3 Å². The monoisotopic (exact) mass is 472 g/mol. The van der Waals surface area contributed by atoms with Gasteiger partial charge in [0.2, 0.25) is 0 Å². The highest BCUT2D eigenvalue weighted by atomic mass is 19.1. The highest BCUT2D eigenvalue weighted by Crippen LogP contribution is 2.25. The topological polar surface area (TPSA) is 93.1 Å². The molecule has 1 fully saturated rings. The lowest BCUT2D eigenvalue weighted by molar-refractivity contribution is 0.0948. The Bertz CT molecular complexity index is 1200. The Morgan fingerprint density at radius 3 is 2.71 bits per heavy atom. The number of carbonyl (C=O) groups excluding carboxylic acids is 1. The first-order valence-electron chi connectivity index (χ1n) is 11.8. The minimum Gasteiger partial charge on any atom is -0.369 e. The Morgan fingerprint density at radius 1 is 1.09 bits per heavy atom. The highest BCUT2D eigenvalue weighted by Gasteiger charge is 2.16. The molecule has 180 valence electrons. The van der Waals surface area contributed by atoms with Crippen molar-refractivity contribution in [1.29, 1.82) is 5.26 Å². The second-order valence-corrected chi connectivity index (χ2v) is 8.40. The molecule has 1 aromatic heterocycles. The summed E-state index contributed by atoms with van der Waals surface area (Å²) in [5.41, 5.74) is 3.11. The van der Waals surface area contributed by atoms with E-state index in [-0.39, 0.29) is 11.7 Å². The lowest BCUT2D eigenvalue weighted by Crippen LogP contribution is -2.46. The third kappa shape index (κ3) is 6.63. The van der Waals surface area contributed by atoms with E-state index in [4.69, 9.17) is 4.98 Å². The van der Waals surface area contributed by atoms with Crippen LogP contribution < -0.4 is 16.0 Å². The van der Waals surface area contributed by atoms with E-state index in [1.54, 1.807) is 30.3 Å². The maximum Gasteiger partial charge on any atom is 0.255 e. The lowest BCUT2D eigenvalue weighted by Gasteiger charge is -2.27. The third-order valence-electron chi connectivity index (χ3n) is 5.98. The summed E-state index contributed by atoms with van der Waals surface area (Å²) in [6.07, 6.45) is 0.572. The Hall–Kier alpha value is -3.80. The molecule has 3 N–H and O–H groups in total. The molecule has 1 saturated heterocycles. The summed E-state index contributed by atoms with van der Waals surface area (Å²) in [6.45, 7) is 5.67. The minimum absolute atomic E-state index is 0.207. The van der Waals surface area contributed by atoms with Gasteiger partial charge in [-0.2, -0.15) is 5.26 Å². The maximum absolute atomic E-state index is 13.5. The molecule has 1 aliphatic heterocycles. The number of rotatable bonds is 9. The van der Waals surface area contributed by atoms with Gasteiger partial charge < -0.3 is 16.0 Å². The average Bonchev–Trinajstić information content (AvgIpc) is 2.89. The van der Waals surface area contributed by atoms with Gasteiger partial charge in [0.15, 0.2) is 0 Å². The zero-order chi connectivity index (χ0) is 24.5. The Balaban J connectivity index is 1.50. The summed E-state index contributed by atoms with van der Waals surface area (Å²) >= 11 is 0. The van der Waals surface area contributed by atoms with Gasteiger partial charge >= 0.3 is 0 Å². The summed E-state index contributed by atoms with van der Waals surface area (Å²) in [5.74, 6) is -0.0485. The van der Waals surface area contributed by atoms with E-state index in [9.17, 15) is 14.4 Å². The van der Waals surface area contributed by atoms with Crippen LogP contribution in [-0.2, 0) is 6.42 Å². The van der Waals surface area contributed by atoms with Crippen LogP contribution in [0.4, 0.5) is 10.2 Å². The van der Waals surface area contributed by atoms with Crippen molar-refractivity contribution in [2.45, 2.75) is 6.42 Å². The number of hydrogen-bond donors (Lipinski definition) is 3. The van der Waals surface area contributed by atoms with E-state index in [0.29, 0.717) is 47.7 Å². The molecule has 35 heavy (non-hydrogen) atoms. The molecular formula is C27H29FN6O. The van der Waals surface area contributed by atoms with E-state index in [1.165, 1.54) is 12.1 Å². The largest absolute Gasteiger partial charge is 0.369 e. The minimum atomic E-state index is -0.278. The maximum atomic E-state index is 13.5. The van der Waals surface area contributed by atoms with Gasteiger partial charge in [0.1, 0.15) is 11.6 Å². The predicted octanol–water partition coefficient (Wildman–Crippen LogP) is 3.05. The summed E-state index contributed by atoms with van der Waals surface area (Å²) in [5, 5.41) is 19.1. The fourth-order valence-electron chi connectivity index (χ4n) is 4.11. The number of anilines is 1. The second-order valence-electron chi connectivity index (χ2n) is 8.40. The van der Waals surface area contributed by atoms with Crippen LogP contribution in [0.15, 0.2) is 60.7 Å². The fraction of sp³-hybridized carbons (Fsp3) is 0.296. The van der Waals surface area contributed by atoms with Crippen LogP contribution in [0.1, 0.15) is 21.5 Å². The highest BCUT2D eigenvalue weighted by molar-refractivity contribution is 5.99. The van der Waals surface area contributed by atoms with Crippen LogP contribution in [0.5, 0.6) is 0 Å². The second kappa shape index (κ2) is 12.1.